The molecule has 0 saturated carbocycles. The first-order valence-corrected chi connectivity index (χ1v) is 7.01. The van der Waals surface area contributed by atoms with Gasteiger partial charge in [-0.3, -0.25) is 4.98 Å². The van der Waals surface area contributed by atoms with Crippen LogP contribution >= 0.6 is 0 Å². The van der Waals surface area contributed by atoms with E-state index in [9.17, 15) is 0 Å². The van der Waals surface area contributed by atoms with E-state index in [2.05, 4.69) is 48.4 Å². The highest BCUT2D eigenvalue weighted by atomic mass is 14.9. The minimum absolute atomic E-state index is 0.353. The summed E-state index contributed by atoms with van der Waals surface area (Å²) in [5.74, 6) is 0. The van der Waals surface area contributed by atoms with Gasteiger partial charge in [-0.2, -0.15) is 0 Å². The molecule has 0 bridgehead atoms. The molecule has 1 aliphatic rings. The molecule has 0 fully saturated rings. The van der Waals surface area contributed by atoms with Crippen molar-refractivity contribution >= 4 is 5.69 Å². The third kappa shape index (κ3) is 2.62. The number of anilines is 1. The van der Waals surface area contributed by atoms with Gasteiger partial charge < -0.3 is 5.32 Å². The Hall–Kier alpha value is -1.83. The smallest absolute Gasteiger partial charge is 0.0688 e. The van der Waals surface area contributed by atoms with Crippen LogP contribution < -0.4 is 5.32 Å². The summed E-state index contributed by atoms with van der Waals surface area (Å²) < 4.78 is 0. The van der Waals surface area contributed by atoms with Gasteiger partial charge in [0, 0.05) is 11.9 Å². The van der Waals surface area contributed by atoms with E-state index in [1.165, 1.54) is 34.5 Å². The van der Waals surface area contributed by atoms with Gasteiger partial charge in [0.05, 0.1) is 11.7 Å². The number of rotatable bonds is 2. The van der Waals surface area contributed by atoms with Crippen molar-refractivity contribution in [2.24, 2.45) is 0 Å². The summed E-state index contributed by atoms with van der Waals surface area (Å²) in [6.45, 7) is 4.29. The topological polar surface area (TPSA) is 24.9 Å². The lowest BCUT2D eigenvalue weighted by Gasteiger charge is -2.26. The molecule has 0 amide bonds. The Balaban J connectivity index is 1.88. The van der Waals surface area contributed by atoms with Crippen molar-refractivity contribution in [1.29, 1.82) is 0 Å². The molecule has 1 N–H and O–H groups in total. The van der Waals surface area contributed by atoms with Crippen molar-refractivity contribution in [2.45, 2.75) is 39.2 Å². The summed E-state index contributed by atoms with van der Waals surface area (Å²) in [6, 6.07) is 11.2. The average molecular weight is 252 g/mol. The van der Waals surface area contributed by atoms with Crippen LogP contribution in [0.2, 0.25) is 0 Å². The molecule has 1 heterocycles. The zero-order valence-electron chi connectivity index (χ0n) is 11.6. The van der Waals surface area contributed by atoms with Crippen LogP contribution in [-0.4, -0.2) is 4.98 Å². The molecule has 98 valence electrons. The van der Waals surface area contributed by atoms with E-state index in [1.807, 2.05) is 12.3 Å². The quantitative estimate of drug-likeness (QED) is 0.867. The zero-order valence-corrected chi connectivity index (χ0v) is 11.6. The SMILES string of the molecule is Cc1cc(C)cc(NC2CCCc3cccnc32)c1. The molecule has 2 aromatic rings. The Labute approximate surface area is 114 Å². The third-order valence-corrected chi connectivity index (χ3v) is 3.76. The molecule has 3 rings (SSSR count). The minimum atomic E-state index is 0.353. The summed E-state index contributed by atoms with van der Waals surface area (Å²) >= 11 is 0. The second-order valence-electron chi connectivity index (χ2n) is 5.51. The summed E-state index contributed by atoms with van der Waals surface area (Å²) in [7, 11) is 0. The van der Waals surface area contributed by atoms with E-state index >= 15 is 0 Å². The van der Waals surface area contributed by atoms with Crippen LogP contribution in [0.5, 0.6) is 0 Å². The number of hydrogen-bond donors (Lipinski definition) is 1. The van der Waals surface area contributed by atoms with E-state index in [4.69, 9.17) is 0 Å². The lowest BCUT2D eigenvalue weighted by Crippen LogP contribution is -2.18. The predicted octanol–water partition coefficient (Wildman–Crippen LogP) is 4.19. The Kier molecular flexibility index (Phi) is 3.24. The summed E-state index contributed by atoms with van der Waals surface area (Å²) in [4.78, 5) is 4.58. The van der Waals surface area contributed by atoms with E-state index in [1.54, 1.807) is 0 Å². The number of benzene rings is 1. The summed E-state index contributed by atoms with van der Waals surface area (Å²) in [6.07, 6.45) is 5.46. The first kappa shape index (κ1) is 12.2. The first-order valence-electron chi connectivity index (χ1n) is 7.01. The first-order chi connectivity index (χ1) is 9.22. The minimum Gasteiger partial charge on any atom is -0.377 e. The lowest BCUT2D eigenvalue weighted by atomic mass is 9.91. The number of nitrogens with zero attached hydrogens (tertiary/aromatic N) is 1. The maximum absolute atomic E-state index is 4.58. The van der Waals surface area contributed by atoms with E-state index in [0.717, 1.165) is 12.8 Å². The summed E-state index contributed by atoms with van der Waals surface area (Å²) in [5.41, 5.74) is 6.45. The van der Waals surface area contributed by atoms with Crippen molar-refractivity contribution in [3.63, 3.8) is 0 Å². The molecule has 1 aliphatic carbocycles. The van der Waals surface area contributed by atoms with Crippen LogP contribution in [-0.2, 0) is 6.42 Å². The number of aryl methyl sites for hydroxylation is 3. The Bertz CT molecular complexity index is 569. The third-order valence-electron chi connectivity index (χ3n) is 3.76. The van der Waals surface area contributed by atoms with Gasteiger partial charge in [0.15, 0.2) is 0 Å². The molecular weight excluding hydrogens is 232 g/mol. The van der Waals surface area contributed by atoms with E-state index < -0.39 is 0 Å². The van der Waals surface area contributed by atoms with E-state index in [0.29, 0.717) is 6.04 Å². The van der Waals surface area contributed by atoms with Crippen LogP contribution in [0.4, 0.5) is 5.69 Å². The van der Waals surface area contributed by atoms with Gasteiger partial charge in [0.2, 0.25) is 0 Å². The fourth-order valence-corrected chi connectivity index (χ4v) is 3.01. The standard InChI is InChI=1S/C17H20N2/c1-12-9-13(2)11-15(10-12)19-16-7-3-5-14-6-4-8-18-17(14)16/h4,6,8-11,16,19H,3,5,7H2,1-2H3. The van der Waals surface area contributed by atoms with Crippen molar-refractivity contribution in [3.8, 4) is 0 Å². The van der Waals surface area contributed by atoms with Crippen LogP contribution in [0.25, 0.3) is 0 Å². The molecule has 2 heteroatoms. The maximum Gasteiger partial charge on any atom is 0.0688 e. The molecule has 1 aromatic heterocycles. The average Bonchev–Trinajstić information content (AvgIpc) is 2.38. The van der Waals surface area contributed by atoms with Crippen LogP contribution in [0.15, 0.2) is 36.5 Å². The number of pyridine rings is 1. The van der Waals surface area contributed by atoms with Gasteiger partial charge >= 0.3 is 0 Å². The molecule has 0 radical (unpaired) electrons. The Morgan fingerprint density at radius 2 is 1.95 bits per heavy atom. The lowest BCUT2D eigenvalue weighted by molar-refractivity contribution is 0.583. The number of fused-ring (bicyclic) bond motifs is 1. The largest absolute Gasteiger partial charge is 0.377 e. The van der Waals surface area contributed by atoms with Gasteiger partial charge in [-0.25, -0.2) is 0 Å². The number of nitrogens with one attached hydrogen (secondary N) is 1. The summed E-state index contributed by atoms with van der Waals surface area (Å²) in [5, 5.41) is 3.66. The Morgan fingerprint density at radius 1 is 1.16 bits per heavy atom. The molecule has 0 aliphatic heterocycles. The predicted molar refractivity (Wildman–Crippen MR) is 79.5 cm³/mol. The van der Waals surface area contributed by atoms with E-state index in [-0.39, 0.29) is 0 Å². The van der Waals surface area contributed by atoms with Crippen LogP contribution in [0, 0.1) is 13.8 Å². The van der Waals surface area contributed by atoms with Gasteiger partial charge in [0.25, 0.3) is 0 Å². The number of aromatic nitrogens is 1. The zero-order chi connectivity index (χ0) is 13.2. The number of hydrogen-bond acceptors (Lipinski definition) is 2. The monoisotopic (exact) mass is 252 g/mol. The van der Waals surface area contributed by atoms with Gasteiger partial charge in [-0.15, -0.1) is 0 Å². The second-order valence-corrected chi connectivity index (χ2v) is 5.51. The van der Waals surface area contributed by atoms with Crippen molar-refractivity contribution < 1.29 is 0 Å². The van der Waals surface area contributed by atoms with Crippen LogP contribution in [0.3, 0.4) is 0 Å². The highest BCUT2D eigenvalue weighted by molar-refractivity contribution is 5.50. The molecule has 0 saturated heterocycles. The Morgan fingerprint density at radius 3 is 2.74 bits per heavy atom. The molecule has 19 heavy (non-hydrogen) atoms. The molecule has 1 atom stereocenters. The normalized spacial score (nSPS) is 17.9. The van der Waals surface area contributed by atoms with Crippen molar-refractivity contribution in [3.05, 3.63) is 58.9 Å². The molecule has 2 nitrogen and oxygen atoms in total. The second kappa shape index (κ2) is 5.04. The van der Waals surface area contributed by atoms with Gasteiger partial charge in [-0.05, 0) is 68.0 Å². The van der Waals surface area contributed by atoms with Gasteiger partial charge in [0.1, 0.15) is 0 Å². The molecule has 1 unspecified atom stereocenters. The molecular formula is C17H20N2. The van der Waals surface area contributed by atoms with Crippen molar-refractivity contribution in [2.75, 3.05) is 5.32 Å². The fourth-order valence-electron chi connectivity index (χ4n) is 3.01. The maximum atomic E-state index is 4.58. The highest BCUT2D eigenvalue weighted by Crippen LogP contribution is 2.31. The van der Waals surface area contributed by atoms with Crippen LogP contribution in [0.1, 0.15) is 41.3 Å². The molecule has 0 spiro atoms. The highest BCUT2D eigenvalue weighted by Gasteiger charge is 2.20. The van der Waals surface area contributed by atoms with Gasteiger partial charge in [-0.1, -0.05) is 12.1 Å². The molecule has 1 aromatic carbocycles. The fraction of sp³-hybridized carbons (Fsp3) is 0.353. The van der Waals surface area contributed by atoms with Crippen molar-refractivity contribution in [1.82, 2.24) is 4.98 Å².